The van der Waals surface area contributed by atoms with Crippen molar-refractivity contribution in [2.24, 2.45) is 45.4 Å². The Hall–Kier alpha value is -0.940. The Labute approximate surface area is 181 Å². The molecule has 30 heavy (non-hydrogen) atoms. The first-order valence-corrected chi connectivity index (χ1v) is 12.4. The van der Waals surface area contributed by atoms with Gasteiger partial charge in [0.05, 0.1) is 11.3 Å². The first-order valence-electron chi connectivity index (χ1n) is 12.4. The van der Waals surface area contributed by atoms with Gasteiger partial charge in [0.25, 0.3) is 0 Å². The van der Waals surface area contributed by atoms with Gasteiger partial charge in [0, 0.05) is 29.7 Å². The number of hydrogen-bond acceptors (Lipinski definition) is 5. The number of rotatable bonds is 2. The van der Waals surface area contributed by atoms with Crippen LogP contribution in [0.25, 0.3) is 0 Å². The molecule has 5 rings (SSSR count). The van der Waals surface area contributed by atoms with Crippen LogP contribution in [0.4, 0.5) is 0 Å². The highest BCUT2D eigenvalue weighted by Crippen LogP contribution is 2.67. The average Bonchev–Trinajstić information content (AvgIpc) is 3.25. The molecule has 5 heteroatoms. The molecule has 0 heterocycles. The van der Waals surface area contributed by atoms with Crippen LogP contribution in [0.2, 0.25) is 0 Å². The minimum Gasteiger partial charge on any atom is -0.391 e. The molecule has 0 saturated heterocycles. The number of aliphatic hydroxyl groups is 1. The quantitative estimate of drug-likeness (QED) is 0.660. The zero-order valence-corrected chi connectivity index (χ0v) is 19.0. The average molecular weight is 417 g/mol. The molecule has 5 fully saturated rings. The van der Waals surface area contributed by atoms with E-state index >= 15 is 0 Å². The summed E-state index contributed by atoms with van der Waals surface area (Å²) in [5.74, 6) is 2.29. The van der Waals surface area contributed by atoms with Crippen LogP contribution in [0.3, 0.4) is 0 Å². The standard InChI is InChI=1S/C25H40N2O3/c1-15-13-17-18-7-8-22(28)23(18,2)11-10-19(17)24(3)12-9-16(14-25(15,24)29)27-30-21-6-4-5-20(21)26/h15,17-21,29H,4-14,26H2,1-3H3/t15-,17-,18-,19-,20?,21?,23-,24+,25-/m0/s1. The molecule has 0 spiro atoms. The predicted octanol–water partition coefficient (Wildman–Crippen LogP) is 4.21. The van der Waals surface area contributed by atoms with Crippen molar-refractivity contribution < 1.29 is 14.7 Å². The largest absolute Gasteiger partial charge is 0.391 e. The summed E-state index contributed by atoms with van der Waals surface area (Å²) in [4.78, 5) is 18.5. The van der Waals surface area contributed by atoms with E-state index in [1.165, 1.54) is 0 Å². The van der Waals surface area contributed by atoms with Gasteiger partial charge in [0.2, 0.25) is 0 Å². The van der Waals surface area contributed by atoms with Crippen LogP contribution in [0.15, 0.2) is 5.16 Å². The van der Waals surface area contributed by atoms with E-state index in [1.54, 1.807) is 0 Å². The number of hydrogen-bond donors (Lipinski definition) is 2. The molecular formula is C25H40N2O3. The molecule has 5 nitrogen and oxygen atoms in total. The van der Waals surface area contributed by atoms with Crippen molar-refractivity contribution in [3.63, 3.8) is 0 Å². The van der Waals surface area contributed by atoms with Gasteiger partial charge < -0.3 is 15.7 Å². The van der Waals surface area contributed by atoms with Crippen molar-refractivity contribution in [2.45, 2.75) is 109 Å². The molecule has 0 amide bonds. The Morgan fingerprint density at radius 1 is 1.10 bits per heavy atom. The number of nitrogens with zero attached hydrogens (tertiary/aromatic N) is 1. The molecule has 9 atom stereocenters. The Kier molecular flexibility index (Phi) is 4.91. The lowest BCUT2D eigenvalue weighted by atomic mass is 9.41. The topological polar surface area (TPSA) is 84.9 Å². The van der Waals surface area contributed by atoms with Crippen molar-refractivity contribution in [1.82, 2.24) is 0 Å². The molecule has 0 aromatic carbocycles. The normalized spacial score (nSPS) is 54.6. The molecule has 5 aliphatic carbocycles. The molecule has 5 saturated carbocycles. The SMILES string of the molecule is C[C@H]1C[C@H]2[C@@H]3CCC(=O)[C@@]3(C)CC[C@@H]2[C@@]2(C)CCC(=NOC3CCCC3N)C[C@]12O. The fourth-order valence-electron chi connectivity index (χ4n) is 8.55. The fourth-order valence-corrected chi connectivity index (χ4v) is 8.55. The maximum Gasteiger partial charge on any atom is 0.142 e. The van der Waals surface area contributed by atoms with Gasteiger partial charge in [-0.1, -0.05) is 25.9 Å². The molecule has 0 bridgehead atoms. The van der Waals surface area contributed by atoms with E-state index < -0.39 is 5.60 Å². The van der Waals surface area contributed by atoms with Gasteiger partial charge in [-0.2, -0.15) is 0 Å². The molecule has 0 aromatic heterocycles. The van der Waals surface area contributed by atoms with Gasteiger partial charge in [-0.15, -0.1) is 0 Å². The monoisotopic (exact) mass is 416 g/mol. The third-order valence-electron chi connectivity index (χ3n) is 10.6. The lowest BCUT2D eigenvalue weighted by molar-refractivity contribution is -0.214. The number of ketones is 1. The van der Waals surface area contributed by atoms with Crippen molar-refractivity contribution in [3.05, 3.63) is 0 Å². The smallest absolute Gasteiger partial charge is 0.142 e. The van der Waals surface area contributed by atoms with Crippen LogP contribution in [0.1, 0.15) is 91.4 Å². The van der Waals surface area contributed by atoms with E-state index in [0.29, 0.717) is 30.0 Å². The third kappa shape index (κ3) is 2.80. The summed E-state index contributed by atoms with van der Waals surface area (Å²) in [6.45, 7) is 6.80. The van der Waals surface area contributed by atoms with Gasteiger partial charge >= 0.3 is 0 Å². The first kappa shape index (κ1) is 20.9. The summed E-state index contributed by atoms with van der Waals surface area (Å²) in [7, 11) is 0. The summed E-state index contributed by atoms with van der Waals surface area (Å²) < 4.78 is 0. The van der Waals surface area contributed by atoms with Crippen LogP contribution in [-0.4, -0.2) is 34.3 Å². The second-order valence-corrected chi connectivity index (χ2v) is 11.8. The Balaban J connectivity index is 1.38. The van der Waals surface area contributed by atoms with Crippen molar-refractivity contribution in [3.8, 4) is 0 Å². The summed E-state index contributed by atoms with van der Waals surface area (Å²) in [6, 6.07) is 0.0892. The highest BCUT2D eigenvalue weighted by Gasteiger charge is 2.66. The summed E-state index contributed by atoms with van der Waals surface area (Å²) in [5.41, 5.74) is 6.20. The van der Waals surface area contributed by atoms with Gasteiger partial charge in [0.15, 0.2) is 0 Å². The number of carbonyl (C=O) groups excluding carboxylic acids is 1. The van der Waals surface area contributed by atoms with Crippen LogP contribution in [0.5, 0.6) is 0 Å². The van der Waals surface area contributed by atoms with E-state index in [2.05, 4.69) is 25.9 Å². The van der Waals surface area contributed by atoms with Gasteiger partial charge in [-0.25, -0.2) is 0 Å². The molecular weight excluding hydrogens is 376 g/mol. The highest BCUT2D eigenvalue weighted by molar-refractivity contribution is 5.87. The Bertz CT molecular complexity index is 753. The molecule has 5 aliphatic rings. The van der Waals surface area contributed by atoms with Crippen molar-refractivity contribution >= 4 is 11.5 Å². The number of fused-ring (bicyclic) bond motifs is 5. The number of oxime groups is 1. The van der Waals surface area contributed by atoms with Gasteiger partial charge in [-0.05, 0) is 81.5 Å². The molecule has 2 unspecified atom stereocenters. The Morgan fingerprint density at radius 2 is 1.90 bits per heavy atom. The summed E-state index contributed by atoms with van der Waals surface area (Å²) >= 11 is 0. The lowest BCUT2D eigenvalue weighted by Crippen LogP contribution is -2.65. The Morgan fingerprint density at radius 3 is 2.63 bits per heavy atom. The summed E-state index contributed by atoms with van der Waals surface area (Å²) in [5, 5.41) is 16.6. The van der Waals surface area contributed by atoms with Crippen LogP contribution in [0, 0.1) is 34.5 Å². The van der Waals surface area contributed by atoms with Gasteiger partial charge in [-0.3, -0.25) is 4.79 Å². The highest BCUT2D eigenvalue weighted by atomic mass is 16.6. The molecule has 3 N–H and O–H groups in total. The minimum atomic E-state index is -0.733. The second kappa shape index (κ2) is 7.03. The van der Waals surface area contributed by atoms with E-state index in [9.17, 15) is 9.90 Å². The lowest BCUT2D eigenvalue weighted by Gasteiger charge is -2.65. The first-order chi connectivity index (χ1) is 14.2. The second-order valence-electron chi connectivity index (χ2n) is 11.8. The fraction of sp³-hybridized carbons (Fsp3) is 0.920. The molecule has 0 aliphatic heterocycles. The van der Waals surface area contributed by atoms with Gasteiger partial charge in [0.1, 0.15) is 11.9 Å². The molecule has 168 valence electrons. The number of carbonyl (C=O) groups is 1. The van der Waals surface area contributed by atoms with E-state index in [4.69, 9.17) is 10.6 Å². The minimum absolute atomic E-state index is 0.0320. The van der Waals surface area contributed by atoms with E-state index in [1.807, 2.05) is 0 Å². The van der Waals surface area contributed by atoms with E-state index in [0.717, 1.165) is 69.9 Å². The zero-order valence-electron chi connectivity index (χ0n) is 19.0. The van der Waals surface area contributed by atoms with Crippen LogP contribution >= 0.6 is 0 Å². The third-order valence-corrected chi connectivity index (χ3v) is 10.6. The van der Waals surface area contributed by atoms with Crippen LogP contribution < -0.4 is 5.73 Å². The molecule has 0 radical (unpaired) electrons. The maximum absolute atomic E-state index is 12.7. The van der Waals surface area contributed by atoms with Crippen molar-refractivity contribution in [2.75, 3.05) is 0 Å². The zero-order chi connectivity index (χ0) is 21.3. The predicted molar refractivity (Wildman–Crippen MR) is 117 cm³/mol. The number of Topliss-reactive ketones (excluding diaryl/α,β-unsaturated/α-hetero) is 1. The maximum atomic E-state index is 12.7. The van der Waals surface area contributed by atoms with Crippen LogP contribution in [-0.2, 0) is 9.63 Å². The number of nitrogens with two attached hydrogens (primary N) is 1. The molecule has 0 aromatic rings. The summed E-state index contributed by atoms with van der Waals surface area (Å²) in [6.07, 6.45) is 10.6. The van der Waals surface area contributed by atoms with E-state index in [-0.39, 0.29) is 28.9 Å². The van der Waals surface area contributed by atoms with Crippen molar-refractivity contribution in [1.29, 1.82) is 0 Å².